The number of aliphatic hydroxyl groups excluding tert-OH is 1. The highest BCUT2D eigenvalue weighted by atomic mass is 16.5. The van der Waals surface area contributed by atoms with E-state index in [1.807, 2.05) is 54.6 Å². The Morgan fingerprint density at radius 3 is 2.25 bits per heavy atom. The summed E-state index contributed by atoms with van der Waals surface area (Å²) in [4.78, 5) is 11.6. The minimum absolute atomic E-state index is 0.358. The largest absolute Gasteiger partial charge is 0.489 e. The maximum atomic E-state index is 11.6. The minimum Gasteiger partial charge on any atom is -0.489 e. The van der Waals surface area contributed by atoms with Crippen LogP contribution in [-0.4, -0.2) is 17.6 Å². The van der Waals surface area contributed by atoms with Crippen LogP contribution in [-0.2, 0) is 16.8 Å². The van der Waals surface area contributed by atoms with Crippen molar-refractivity contribution in [2.45, 2.75) is 18.9 Å². The number of rotatable bonds is 8. The van der Waals surface area contributed by atoms with Crippen LogP contribution in [0.1, 0.15) is 18.1 Å². The molecule has 5 heteroatoms. The number of benzene rings is 3. The van der Waals surface area contributed by atoms with E-state index in [0.717, 1.165) is 5.56 Å². The highest BCUT2D eigenvalue weighted by Gasteiger charge is 2.32. The van der Waals surface area contributed by atoms with Crippen LogP contribution >= 0.6 is 0 Å². The number of carbonyl (C=O) groups excluding carboxylic acids is 1. The number of hydrogen-bond acceptors (Lipinski definition) is 4. The predicted molar refractivity (Wildman–Crippen MR) is 107 cm³/mol. The molecule has 0 aliphatic rings. The van der Waals surface area contributed by atoms with Crippen molar-refractivity contribution in [3.8, 4) is 17.2 Å². The number of aliphatic hydroxyl groups is 1. The van der Waals surface area contributed by atoms with Crippen molar-refractivity contribution in [1.82, 2.24) is 0 Å². The lowest BCUT2D eigenvalue weighted by atomic mass is 9.82. The molecule has 0 saturated carbocycles. The Balaban J connectivity index is 1.68. The molecule has 0 heterocycles. The Hall–Kier alpha value is -3.31. The molecular weight excluding hydrogens is 354 g/mol. The lowest BCUT2D eigenvalue weighted by molar-refractivity contribution is -0.124. The second kappa shape index (κ2) is 8.59. The average molecular weight is 377 g/mol. The molecular formula is C23H23NO4. The van der Waals surface area contributed by atoms with Gasteiger partial charge in [-0.1, -0.05) is 48.5 Å². The zero-order valence-electron chi connectivity index (χ0n) is 15.7. The molecule has 0 fully saturated rings. The Labute approximate surface area is 164 Å². The van der Waals surface area contributed by atoms with Gasteiger partial charge < -0.3 is 20.3 Å². The topological polar surface area (TPSA) is 81.8 Å². The summed E-state index contributed by atoms with van der Waals surface area (Å²) in [7, 11) is 0. The molecule has 3 aromatic carbocycles. The molecule has 5 nitrogen and oxygen atoms in total. The molecule has 0 radical (unpaired) electrons. The van der Waals surface area contributed by atoms with E-state index >= 15 is 0 Å². The summed E-state index contributed by atoms with van der Waals surface area (Å²) in [5, 5.41) is 9.53. The first-order valence-corrected chi connectivity index (χ1v) is 8.97. The Kier molecular flexibility index (Phi) is 5.96. The third-order valence-corrected chi connectivity index (χ3v) is 4.64. The number of carbonyl (C=O) groups is 1. The second-order valence-electron chi connectivity index (χ2n) is 6.73. The van der Waals surface area contributed by atoms with Gasteiger partial charge in [-0.2, -0.15) is 0 Å². The predicted octanol–water partition coefficient (Wildman–Crippen LogP) is 3.79. The standard InChI is InChI=1S/C23H23NO4/c1-23(16-25,22(24)26)18-10-12-19(13-11-18)28-21-9-5-8-20(14-21)27-15-17-6-3-2-4-7-17/h2-14,25H,15-16H2,1H3,(H2,24,26). The maximum Gasteiger partial charge on any atom is 0.230 e. The average Bonchev–Trinajstić information content (AvgIpc) is 2.73. The van der Waals surface area contributed by atoms with E-state index in [-0.39, 0.29) is 6.61 Å². The molecule has 0 saturated heterocycles. The fourth-order valence-corrected chi connectivity index (χ4v) is 2.71. The third kappa shape index (κ3) is 4.50. The summed E-state index contributed by atoms with van der Waals surface area (Å²) < 4.78 is 11.7. The highest BCUT2D eigenvalue weighted by molar-refractivity contribution is 5.86. The normalized spacial score (nSPS) is 12.8. The lowest BCUT2D eigenvalue weighted by Gasteiger charge is -2.24. The Morgan fingerprint density at radius 2 is 1.61 bits per heavy atom. The van der Waals surface area contributed by atoms with E-state index in [2.05, 4.69) is 0 Å². The SMILES string of the molecule is CC(CO)(C(N)=O)c1ccc(Oc2cccc(OCc3ccccc3)c2)cc1. The molecule has 1 unspecified atom stereocenters. The van der Waals surface area contributed by atoms with Gasteiger partial charge in [0.15, 0.2) is 0 Å². The van der Waals surface area contributed by atoms with E-state index in [1.165, 1.54) is 0 Å². The first-order chi connectivity index (χ1) is 13.5. The van der Waals surface area contributed by atoms with Crippen molar-refractivity contribution in [2.24, 2.45) is 5.73 Å². The zero-order chi connectivity index (χ0) is 20.0. The molecule has 1 amide bonds. The van der Waals surface area contributed by atoms with Crippen molar-refractivity contribution in [2.75, 3.05) is 6.61 Å². The summed E-state index contributed by atoms with van der Waals surface area (Å²) in [5.41, 5.74) is 6.02. The van der Waals surface area contributed by atoms with Gasteiger partial charge in [0, 0.05) is 6.07 Å². The van der Waals surface area contributed by atoms with Crippen molar-refractivity contribution in [3.63, 3.8) is 0 Å². The van der Waals surface area contributed by atoms with Crippen molar-refractivity contribution < 1.29 is 19.4 Å². The number of hydrogen-bond donors (Lipinski definition) is 2. The van der Waals surface area contributed by atoms with Crippen LogP contribution in [0.15, 0.2) is 78.9 Å². The maximum absolute atomic E-state index is 11.6. The molecule has 0 aromatic heterocycles. The first kappa shape index (κ1) is 19.5. The molecule has 0 aliphatic heterocycles. The van der Waals surface area contributed by atoms with Gasteiger partial charge in [0.2, 0.25) is 5.91 Å². The third-order valence-electron chi connectivity index (χ3n) is 4.64. The summed E-state index contributed by atoms with van der Waals surface area (Å²) >= 11 is 0. The van der Waals surface area contributed by atoms with Gasteiger partial charge in [0.25, 0.3) is 0 Å². The summed E-state index contributed by atoms with van der Waals surface area (Å²) in [6.07, 6.45) is 0. The van der Waals surface area contributed by atoms with Crippen LogP contribution < -0.4 is 15.2 Å². The van der Waals surface area contributed by atoms with E-state index in [4.69, 9.17) is 15.2 Å². The van der Waals surface area contributed by atoms with Gasteiger partial charge in [-0.15, -0.1) is 0 Å². The van der Waals surface area contributed by atoms with Crippen LogP contribution in [0.4, 0.5) is 0 Å². The first-order valence-electron chi connectivity index (χ1n) is 8.97. The molecule has 0 bridgehead atoms. The molecule has 28 heavy (non-hydrogen) atoms. The smallest absolute Gasteiger partial charge is 0.230 e. The van der Waals surface area contributed by atoms with Crippen LogP contribution in [0, 0.1) is 0 Å². The van der Waals surface area contributed by atoms with E-state index in [0.29, 0.717) is 29.4 Å². The summed E-state index contributed by atoms with van der Waals surface area (Å²) in [6, 6.07) is 24.3. The van der Waals surface area contributed by atoms with Gasteiger partial charge >= 0.3 is 0 Å². The Bertz CT molecular complexity index is 925. The highest BCUT2D eigenvalue weighted by Crippen LogP contribution is 2.29. The fraction of sp³-hybridized carbons (Fsp3) is 0.174. The monoisotopic (exact) mass is 377 g/mol. The molecule has 1 atom stereocenters. The molecule has 144 valence electrons. The molecule has 3 aromatic rings. The van der Waals surface area contributed by atoms with E-state index in [9.17, 15) is 9.90 Å². The summed E-state index contributed by atoms with van der Waals surface area (Å²) in [6.45, 7) is 1.73. The van der Waals surface area contributed by atoms with E-state index in [1.54, 1.807) is 31.2 Å². The zero-order valence-corrected chi connectivity index (χ0v) is 15.7. The summed E-state index contributed by atoms with van der Waals surface area (Å²) in [5.74, 6) is 1.37. The van der Waals surface area contributed by atoms with Gasteiger partial charge in [-0.25, -0.2) is 0 Å². The van der Waals surface area contributed by atoms with Crippen LogP contribution in [0.5, 0.6) is 17.2 Å². The van der Waals surface area contributed by atoms with Crippen molar-refractivity contribution in [3.05, 3.63) is 90.0 Å². The number of amides is 1. The van der Waals surface area contributed by atoms with Crippen LogP contribution in [0.3, 0.4) is 0 Å². The number of nitrogens with two attached hydrogens (primary N) is 1. The fourth-order valence-electron chi connectivity index (χ4n) is 2.71. The van der Waals surface area contributed by atoms with Crippen molar-refractivity contribution in [1.29, 1.82) is 0 Å². The minimum atomic E-state index is -1.12. The second-order valence-corrected chi connectivity index (χ2v) is 6.73. The Morgan fingerprint density at radius 1 is 0.929 bits per heavy atom. The molecule has 0 aliphatic carbocycles. The van der Waals surface area contributed by atoms with Gasteiger partial charge in [-0.3, -0.25) is 4.79 Å². The van der Waals surface area contributed by atoms with E-state index < -0.39 is 11.3 Å². The van der Waals surface area contributed by atoms with Gasteiger partial charge in [0.05, 0.1) is 12.0 Å². The number of ether oxygens (including phenoxy) is 2. The van der Waals surface area contributed by atoms with Gasteiger partial charge in [-0.05, 0) is 42.3 Å². The number of primary amides is 1. The van der Waals surface area contributed by atoms with Gasteiger partial charge in [0.1, 0.15) is 23.9 Å². The van der Waals surface area contributed by atoms with Crippen LogP contribution in [0.25, 0.3) is 0 Å². The van der Waals surface area contributed by atoms with Crippen molar-refractivity contribution >= 4 is 5.91 Å². The molecule has 0 spiro atoms. The quantitative estimate of drug-likeness (QED) is 0.626. The van der Waals surface area contributed by atoms with Crippen LogP contribution in [0.2, 0.25) is 0 Å². The molecule has 3 rings (SSSR count). The molecule has 3 N–H and O–H groups in total. The lowest BCUT2D eigenvalue weighted by Crippen LogP contribution is -2.41.